The number of carbonyl (C=O) groups excluding carboxylic acids is 1. The van der Waals surface area contributed by atoms with Crippen LogP contribution in [0.5, 0.6) is 5.75 Å². The van der Waals surface area contributed by atoms with Crippen molar-refractivity contribution in [2.75, 3.05) is 14.2 Å². The second-order valence-corrected chi connectivity index (χ2v) is 10.8. The second kappa shape index (κ2) is 7.86. The van der Waals surface area contributed by atoms with Gasteiger partial charge in [0.2, 0.25) is 5.79 Å². The minimum atomic E-state index is -0.726. The molecule has 0 amide bonds. The van der Waals surface area contributed by atoms with Crippen molar-refractivity contribution < 1.29 is 23.7 Å². The maximum Gasteiger partial charge on any atom is 0.204 e. The average Bonchev–Trinajstić information content (AvgIpc) is 3.04. The van der Waals surface area contributed by atoms with Crippen LogP contribution in [-0.2, 0) is 14.2 Å². The third kappa shape index (κ3) is 4.05. The first-order chi connectivity index (χ1) is 14.5. The Kier molecular flexibility index (Phi) is 5.77. The third-order valence-electron chi connectivity index (χ3n) is 8.27. The normalized spacial score (nSPS) is 32.9. The van der Waals surface area contributed by atoms with Gasteiger partial charge < -0.3 is 18.9 Å². The molecule has 5 atom stereocenters. The number of hydrogen-bond acceptors (Lipinski definition) is 5. The van der Waals surface area contributed by atoms with Crippen LogP contribution in [0.25, 0.3) is 0 Å². The van der Waals surface area contributed by atoms with Crippen LogP contribution in [0.1, 0.15) is 88.6 Å². The van der Waals surface area contributed by atoms with E-state index in [1.807, 2.05) is 39.8 Å². The van der Waals surface area contributed by atoms with Crippen molar-refractivity contribution in [2.45, 2.75) is 90.3 Å². The fraction of sp³-hybridized carbons (Fsp3) is 0.731. The Morgan fingerprint density at radius 1 is 1.00 bits per heavy atom. The van der Waals surface area contributed by atoms with Gasteiger partial charge in [0, 0.05) is 40.1 Å². The predicted molar refractivity (Wildman–Crippen MR) is 119 cm³/mol. The fourth-order valence-electron chi connectivity index (χ4n) is 6.31. The molecule has 0 heterocycles. The van der Waals surface area contributed by atoms with Gasteiger partial charge in [-0.1, -0.05) is 13.0 Å². The molecular formula is C26H38O5. The van der Waals surface area contributed by atoms with Crippen LogP contribution >= 0.6 is 0 Å². The Morgan fingerprint density at radius 2 is 1.71 bits per heavy atom. The van der Waals surface area contributed by atoms with Crippen LogP contribution in [0.15, 0.2) is 18.2 Å². The molecule has 5 heteroatoms. The largest absolute Gasteiger partial charge is 0.463 e. The van der Waals surface area contributed by atoms with Crippen LogP contribution in [0.2, 0.25) is 0 Å². The minimum absolute atomic E-state index is 0.0975. The SMILES string of the molecule is COC(C)(C)Oc1ccc2c(c1)C(=O)CC1C2CCC2(C)C(OC(C)(C)OC)CCC12. The highest BCUT2D eigenvalue weighted by Gasteiger charge is 2.57. The summed E-state index contributed by atoms with van der Waals surface area (Å²) in [5.74, 6) is 0.947. The zero-order chi connectivity index (χ0) is 22.6. The molecular weight excluding hydrogens is 392 g/mol. The Bertz CT molecular complexity index is 844. The number of ketones is 1. The smallest absolute Gasteiger partial charge is 0.204 e. The maximum atomic E-state index is 13.2. The van der Waals surface area contributed by atoms with E-state index in [0.717, 1.165) is 31.2 Å². The molecule has 4 rings (SSSR count). The van der Waals surface area contributed by atoms with Crippen molar-refractivity contribution in [3.05, 3.63) is 29.3 Å². The molecule has 0 radical (unpaired) electrons. The van der Waals surface area contributed by atoms with Crippen LogP contribution in [0, 0.1) is 17.3 Å². The first kappa shape index (κ1) is 22.8. The molecule has 0 aliphatic heterocycles. The van der Waals surface area contributed by atoms with Crippen molar-refractivity contribution in [1.82, 2.24) is 0 Å². The number of fused-ring (bicyclic) bond motifs is 5. The van der Waals surface area contributed by atoms with Crippen molar-refractivity contribution in [3.8, 4) is 5.75 Å². The molecule has 1 aromatic carbocycles. The zero-order valence-corrected chi connectivity index (χ0v) is 20.1. The predicted octanol–water partition coefficient (Wildman–Crippen LogP) is 5.71. The van der Waals surface area contributed by atoms with Crippen molar-refractivity contribution in [3.63, 3.8) is 0 Å². The molecule has 31 heavy (non-hydrogen) atoms. The van der Waals surface area contributed by atoms with E-state index in [9.17, 15) is 4.79 Å². The summed E-state index contributed by atoms with van der Waals surface area (Å²) in [6.45, 7) is 10.1. The van der Waals surface area contributed by atoms with Gasteiger partial charge in [-0.25, -0.2) is 0 Å². The molecule has 172 valence electrons. The monoisotopic (exact) mass is 430 g/mol. The van der Waals surface area contributed by atoms with Gasteiger partial charge in [0.15, 0.2) is 11.6 Å². The van der Waals surface area contributed by atoms with Crippen LogP contribution < -0.4 is 4.74 Å². The molecule has 5 nitrogen and oxygen atoms in total. The molecule has 2 fully saturated rings. The van der Waals surface area contributed by atoms with Gasteiger partial charge >= 0.3 is 0 Å². The van der Waals surface area contributed by atoms with Gasteiger partial charge in [0.1, 0.15) is 5.75 Å². The van der Waals surface area contributed by atoms with Crippen LogP contribution in [0.4, 0.5) is 0 Å². The maximum absolute atomic E-state index is 13.2. The van der Waals surface area contributed by atoms with Crippen LogP contribution in [-0.4, -0.2) is 37.7 Å². The minimum Gasteiger partial charge on any atom is -0.463 e. The van der Waals surface area contributed by atoms with E-state index in [1.54, 1.807) is 14.2 Å². The molecule has 3 aliphatic carbocycles. The summed E-state index contributed by atoms with van der Waals surface area (Å²) in [5, 5.41) is 0. The molecule has 0 aromatic heterocycles. The quantitative estimate of drug-likeness (QED) is 0.541. The molecule has 0 bridgehead atoms. The van der Waals surface area contributed by atoms with Crippen molar-refractivity contribution in [1.29, 1.82) is 0 Å². The highest BCUT2D eigenvalue weighted by Crippen LogP contribution is 2.62. The van der Waals surface area contributed by atoms with E-state index in [4.69, 9.17) is 18.9 Å². The lowest BCUT2D eigenvalue weighted by Crippen LogP contribution is -2.47. The molecule has 3 aliphatic rings. The highest BCUT2D eigenvalue weighted by molar-refractivity contribution is 5.99. The van der Waals surface area contributed by atoms with E-state index in [-0.39, 0.29) is 17.3 Å². The Balaban J connectivity index is 1.59. The van der Waals surface area contributed by atoms with Gasteiger partial charge in [-0.3, -0.25) is 4.79 Å². The summed E-state index contributed by atoms with van der Waals surface area (Å²) in [4.78, 5) is 13.2. The number of carbonyl (C=O) groups is 1. The van der Waals surface area contributed by atoms with Gasteiger partial charge in [-0.2, -0.15) is 0 Å². The number of rotatable bonds is 6. The van der Waals surface area contributed by atoms with Gasteiger partial charge in [-0.15, -0.1) is 0 Å². The van der Waals surface area contributed by atoms with Crippen LogP contribution in [0.3, 0.4) is 0 Å². The molecule has 1 aromatic rings. The number of hydrogen-bond donors (Lipinski definition) is 0. The lowest BCUT2D eigenvalue weighted by atomic mass is 9.55. The highest BCUT2D eigenvalue weighted by atomic mass is 16.7. The topological polar surface area (TPSA) is 54.0 Å². The average molecular weight is 431 g/mol. The number of Topliss-reactive ketones (excluding diaryl/α,β-unsaturated/α-hetero) is 1. The Morgan fingerprint density at radius 3 is 2.39 bits per heavy atom. The Hall–Kier alpha value is -1.43. The summed E-state index contributed by atoms with van der Waals surface area (Å²) < 4.78 is 23.3. The third-order valence-corrected chi connectivity index (χ3v) is 8.27. The standard InChI is InChI=1S/C26H38O5/c1-24(2,28-6)30-16-8-9-17-18-12-13-26(5)21(19(18)15-22(27)20(17)14-16)10-11-23(26)31-25(3,4)29-7/h8-9,14,18-19,21,23H,10-13,15H2,1-7H3. The molecule has 0 spiro atoms. The van der Waals surface area contributed by atoms with Gasteiger partial charge in [0.05, 0.1) is 6.10 Å². The van der Waals surface area contributed by atoms with Crippen molar-refractivity contribution in [2.24, 2.45) is 17.3 Å². The summed E-state index contributed by atoms with van der Waals surface area (Å²) in [6.07, 6.45) is 5.17. The van der Waals surface area contributed by atoms with Gasteiger partial charge in [-0.05, 0) is 80.4 Å². The first-order valence-corrected chi connectivity index (χ1v) is 11.6. The molecule has 0 N–H and O–H groups in total. The lowest BCUT2D eigenvalue weighted by Gasteiger charge is -2.51. The van der Waals surface area contributed by atoms with E-state index in [2.05, 4.69) is 13.0 Å². The zero-order valence-electron chi connectivity index (χ0n) is 20.1. The summed E-state index contributed by atoms with van der Waals surface area (Å²) >= 11 is 0. The lowest BCUT2D eigenvalue weighted by molar-refractivity contribution is -0.245. The summed E-state index contributed by atoms with van der Waals surface area (Å²) in [5.41, 5.74) is 2.13. The molecule has 2 saturated carbocycles. The van der Waals surface area contributed by atoms with Gasteiger partial charge in [0.25, 0.3) is 0 Å². The van der Waals surface area contributed by atoms with Crippen molar-refractivity contribution >= 4 is 5.78 Å². The number of methoxy groups -OCH3 is 2. The fourth-order valence-corrected chi connectivity index (χ4v) is 6.31. The Labute approximate surface area is 186 Å². The van der Waals surface area contributed by atoms with E-state index < -0.39 is 11.6 Å². The second-order valence-electron chi connectivity index (χ2n) is 10.8. The summed E-state index contributed by atoms with van der Waals surface area (Å²) in [6, 6.07) is 6.03. The van der Waals surface area contributed by atoms with E-state index >= 15 is 0 Å². The molecule has 5 unspecified atom stereocenters. The number of benzene rings is 1. The first-order valence-electron chi connectivity index (χ1n) is 11.6. The van der Waals surface area contributed by atoms with E-state index in [1.165, 1.54) is 5.56 Å². The number of ether oxygens (including phenoxy) is 4. The van der Waals surface area contributed by atoms with E-state index in [0.29, 0.717) is 29.9 Å². The summed E-state index contributed by atoms with van der Waals surface area (Å²) in [7, 11) is 3.33. The molecule has 0 saturated heterocycles.